The van der Waals surface area contributed by atoms with Gasteiger partial charge in [0.25, 0.3) is 0 Å². The maximum Gasteiger partial charge on any atom is 0.211 e. The summed E-state index contributed by atoms with van der Waals surface area (Å²) in [6, 6.07) is 0.838. The molecule has 6 heteroatoms. The van der Waals surface area contributed by atoms with Crippen LogP contribution in [0.15, 0.2) is 0 Å². The van der Waals surface area contributed by atoms with Crippen molar-refractivity contribution in [3.8, 4) is 0 Å². The second kappa shape index (κ2) is 5.23. The van der Waals surface area contributed by atoms with Crippen molar-refractivity contribution in [2.75, 3.05) is 39.1 Å². The zero-order valence-electron chi connectivity index (χ0n) is 12.5. The molecule has 116 valence electrons. The van der Waals surface area contributed by atoms with Gasteiger partial charge in [-0.2, -0.15) is 4.31 Å². The van der Waals surface area contributed by atoms with Gasteiger partial charge in [-0.15, -0.1) is 0 Å². The molecule has 2 unspecified atom stereocenters. The van der Waals surface area contributed by atoms with Crippen LogP contribution in [0.1, 0.15) is 32.6 Å². The van der Waals surface area contributed by atoms with E-state index in [1.807, 2.05) is 6.92 Å². The smallest absolute Gasteiger partial charge is 0.211 e. The van der Waals surface area contributed by atoms with Crippen molar-refractivity contribution in [2.45, 2.75) is 44.7 Å². The summed E-state index contributed by atoms with van der Waals surface area (Å²) >= 11 is 0. The van der Waals surface area contributed by atoms with Gasteiger partial charge in [-0.1, -0.05) is 0 Å². The Hall–Kier alpha value is -0.170. The van der Waals surface area contributed by atoms with Gasteiger partial charge in [0.05, 0.1) is 12.9 Å². The van der Waals surface area contributed by atoms with Crippen LogP contribution in [0.4, 0.5) is 0 Å². The van der Waals surface area contributed by atoms with Crippen molar-refractivity contribution in [1.82, 2.24) is 9.21 Å². The number of piperazine rings is 1. The van der Waals surface area contributed by atoms with Crippen LogP contribution in [0.25, 0.3) is 0 Å². The summed E-state index contributed by atoms with van der Waals surface area (Å²) < 4.78 is 30.8. The molecule has 3 fully saturated rings. The molecule has 0 aromatic carbocycles. The van der Waals surface area contributed by atoms with Gasteiger partial charge in [-0.05, 0) is 32.6 Å². The maximum absolute atomic E-state index is 11.7. The molecule has 2 saturated heterocycles. The van der Waals surface area contributed by atoms with E-state index in [9.17, 15) is 8.42 Å². The van der Waals surface area contributed by atoms with Crippen LogP contribution in [0.2, 0.25) is 0 Å². The molecule has 0 radical (unpaired) electrons. The topological polar surface area (TPSA) is 49.9 Å². The first-order valence-corrected chi connectivity index (χ1v) is 9.57. The third-order valence-electron chi connectivity index (χ3n) is 5.16. The molecular weight excluding hydrogens is 276 g/mol. The Morgan fingerprint density at radius 2 is 1.80 bits per heavy atom. The standard InChI is InChI=1S/C14H26N2O3S/c1-3-19-11-14(6-7-14)10-16-12-4-5-13(16)9-15(8-12)20(2,17)18/h12-13H,3-11H2,1-2H3. The lowest BCUT2D eigenvalue weighted by molar-refractivity contribution is 0.0430. The van der Waals surface area contributed by atoms with Crippen LogP contribution < -0.4 is 0 Å². The minimum Gasteiger partial charge on any atom is -0.381 e. The molecule has 2 atom stereocenters. The van der Waals surface area contributed by atoms with Crippen molar-refractivity contribution in [1.29, 1.82) is 0 Å². The lowest BCUT2D eigenvalue weighted by Crippen LogP contribution is -2.56. The van der Waals surface area contributed by atoms with E-state index in [1.54, 1.807) is 4.31 Å². The quantitative estimate of drug-likeness (QED) is 0.732. The zero-order valence-corrected chi connectivity index (χ0v) is 13.4. The third-order valence-corrected chi connectivity index (χ3v) is 6.39. The Labute approximate surface area is 122 Å². The van der Waals surface area contributed by atoms with Gasteiger partial charge in [0, 0.05) is 43.7 Å². The maximum atomic E-state index is 11.7. The highest BCUT2D eigenvalue weighted by molar-refractivity contribution is 7.88. The molecule has 0 aromatic rings. The average Bonchev–Trinajstić information content (AvgIpc) is 3.10. The molecule has 0 N–H and O–H groups in total. The fourth-order valence-corrected chi connectivity index (χ4v) is 4.60. The number of ether oxygens (including phenoxy) is 1. The largest absolute Gasteiger partial charge is 0.381 e. The number of hydrogen-bond acceptors (Lipinski definition) is 4. The number of sulfonamides is 1. The molecule has 1 saturated carbocycles. The second-order valence-corrected chi connectivity index (χ2v) is 8.76. The van der Waals surface area contributed by atoms with Gasteiger partial charge in [-0.25, -0.2) is 8.42 Å². The van der Waals surface area contributed by atoms with E-state index < -0.39 is 10.0 Å². The van der Waals surface area contributed by atoms with E-state index in [0.717, 1.165) is 32.6 Å². The van der Waals surface area contributed by atoms with Crippen LogP contribution in [0.3, 0.4) is 0 Å². The van der Waals surface area contributed by atoms with Crippen LogP contribution >= 0.6 is 0 Å². The Kier molecular flexibility index (Phi) is 3.86. The third kappa shape index (κ3) is 2.89. The summed E-state index contributed by atoms with van der Waals surface area (Å²) in [4.78, 5) is 2.58. The van der Waals surface area contributed by atoms with Gasteiger partial charge < -0.3 is 4.74 Å². The van der Waals surface area contributed by atoms with Crippen molar-refractivity contribution in [3.63, 3.8) is 0 Å². The van der Waals surface area contributed by atoms with Crippen LogP contribution in [0.5, 0.6) is 0 Å². The SMILES string of the molecule is CCOCC1(CN2C3CCC2CN(S(C)(=O)=O)C3)CC1. The zero-order chi connectivity index (χ0) is 14.4. The van der Waals surface area contributed by atoms with Gasteiger partial charge >= 0.3 is 0 Å². The van der Waals surface area contributed by atoms with Gasteiger partial charge in [0.15, 0.2) is 0 Å². The molecule has 2 aliphatic heterocycles. The van der Waals surface area contributed by atoms with E-state index in [1.165, 1.54) is 19.1 Å². The minimum atomic E-state index is -3.04. The van der Waals surface area contributed by atoms with Crippen molar-refractivity contribution in [3.05, 3.63) is 0 Å². The Bertz CT molecular complexity index is 447. The Balaban J connectivity index is 1.63. The molecule has 0 amide bonds. The Morgan fingerprint density at radius 1 is 1.20 bits per heavy atom. The normalized spacial score (nSPS) is 33.5. The van der Waals surface area contributed by atoms with Crippen molar-refractivity contribution >= 4 is 10.0 Å². The molecule has 20 heavy (non-hydrogen) atoms. The minimum absolute atomic E-state index is 0.365. The van der Waals surface area contributed by atoms with Gasteiger partial charge in [-0.3, -0.25) is 4.90 Å². The summed E-state index contributed by atoms with van der Waals surface area (Å²) in [6.07, 6.45) is 6.14. The van der Waals surface area contributed by atoms with Gasteiger partial charge in [0.1, 0.15) is 0 Å². The Morgan fingerprint density at radius 3 is 2.25 bits per heavy atom. The van der Waals surface area contributed by atoms with Crippen LogP contribution in [-0.2, 0) is 14.8 Å². The summed E-state index contributed by atoms with van der Waals surface area (Å²) in [7, 11) is -3.04. The van der Waals surface area contributed by atoms with E-state index in [-0.39, 0.29) is 0 Å². The number of hydrogen-bond donors (Lipinski definition) is 0. The fraction of sp³-hybridized carbons (Fsp3) is 1.00. The molecule has 2 heterocycles. The monoisotopic (exact) mass is 302 g/mol. The summed E-state index contributed by atoms with van der Waals surface area (Å²) in [5, 5.41) is 0. The first kappa shape index (κ1) is 14.8. The van der Waals surface area contributed by atoms with Crippen LogP contribution in [-0.4, -0.2) is 68.8 Å². The lowest BCUT2D eigenvalue weighted by atomic mass is 10.1. The van der Waals surface area contributed by atoms with Crippen molar-refractivity contribution in [2.24, 2.45) is 5.41 Å². The highest BCUT2D eigenvalue weighted by atomic mass is 32.2. The molecule has 1 aliphatic carbocycles. The number of rotatable bonds is 6. The predicted octanol–water partition coefficient (Wildman–Crippen LogP) is 0.911. The van der Waals surface area contributed by atoms with E-state index in [2.05, 4.69) is 4.90 Å². The summed E-state index contributed by atoms with van der Waals surface area (Å²) in [6.45, 7) is 6.16. The van der Waals surface area contributed by atoms with E-state index in [0.29, 0.717) is 30.6 Å². The highest BCUT2D eigenvalue weighted by Crippen LogP contribution is 2.48. The first-order chi connectivity index (χ1) is 9.43. The molecule has 5 nitrogen and oxygen atoms in total. The summed E-state index contributed by atoms with van der Waals surface area (Å²) in [5.74, 6) is 0. The molecule has 3 rings (SSSR count). The lowest BCUT2D eigenvalue weighted by Gasteiger charge is -2.41. The number of nitrogens with zero attached hydrogens (tertiary/aromatic N) is 2. The molecule has 0 spiro atoms. The van der Waals surface area contributed by atoms with Crippen molar-refractivity contribution < 1.29 is 13.2 Å². The second-order valence-electron chi connectivity index (χ2n) is 6.77. The average molecular weight is 302 g/mol. The fourth-order valence-electron chi connectivity index (χ4n) is 3.71. The van der Waals surface area contributed by atoms with Crippen LogP contribution in [0, 0.1) is 5.41 Å². The van der Waals surface area contributed by atoms with E-state index >= 15 is 0 Å². The number of fused-ring (bicyclic) bond motifs is 2. The highest BCUT2D eigenvalue weighted by Gasteiger charge is 2.50. The first-order valence-electron chi connectivity index (χ1n) is 7.72. The molecule has 3 aliphatic rings. The predicted molar refractivity (Wildman–Crippen MR) is 78.1 cm³/mol. The molecular formula is C14H26N2O3S. The molecule has 2 bridgehead atoms. The molecule has 0 aromatic heterocycles. The van der Waals surface area contributed by atoms with E-state index in [4.69, 9.17) is 4.74 Å². The summed E-state index contributed by atoms with van der Waals surface area (Å²) in [5.41, 5.74) is 0.365. The van der Waals surface area contributed by atoms with Gasteiger partial charge in [0.2, 0.25) is 10.0 Å².